The average Bonchev–Trinajstić information content (AvgIpc) is 2.81. The van der Waals surface area contributed by atoms with Gasteiger partial charge in [0.25, 0.3) is 0 Å². The molecule has 1 aliphatic rings. The lowest BCUT2D eigenvalue weighted by Gasteiger charge is -2.23. The van der Waals surface area contributed by atoms with Crippen molar-refractivity contribution in [2.75, 3.05) is 19.7 Å². The van der Waals surface area contributed by atoms with Crippen LogP contribution >= 0.6 is 11.3 Å². The fourth-order valence-electron chi connectivity index (χ4n) is 2.43. The Morgan fingerprint density at radius 2 is 1.84 bits per heavy atom. The summed E-state index contributed by atoms with van der Waals surface area (Å²) in [4.78, 5) is 5.11. The van der Waals surface area contributed by atoms with Crippen molar-refractivity contribution in [3.8, 4) is 11.8 Å². The number of hydrogen-bond donors (Lipinski definition) is 1. The molecular weight excluding hydrogens is 254 g/mol. The summed E-state index contributed by atoms with van der Waals surface area (Å²) in [5, 5.41) is 8.71. The van der Waals surface area contributed by atoms with Crippen molar-refractivity contribution in [1.29, 1.82) is 0 Å². The minimum Gasteiger partial charge on any atom is -0.395 e. The molecule has 0 radical (unpaired) electrons. The summed E-state index contributed by atoms with van der Waals surface area (Å²) in [7, 11) is 0. The molecule has 3 heteroatoms. The predicted molar refractivity (Wildman–Crippen MR) is 81.3 cm³/mol. The third-order valence-electron chi connectivity index (χ3n) is 3.44. The van der Waals surface area contributed by atoms with Crippen molar-refractivity contribution < 1.29 is 5.11 Å². The number of nitrogens with zero attached hydrogens (tertiary/aromatic N) is 1. The molecule has 0 saturated carbocycles. The summed E-state index contributed by atoms with van der Waals surface area (Å²) in [6, 6.07) is 4.31. The predicted octanol–water partition coefficient (Wildman–Crippen LogP) is 3.25. The van der Waals surface area contributed by atoms with Gasteiger partial charge in [-0.2, -0.15) is 0 Å². The molecule has 1 N–H and O–H groups in total. The van der Waals surface area contributed by atoms with Gasteiger partial charge in [0.2, 0.25) is 0 Å². The van der Waals surface area contributed by atoms with Gasteiger partial charge in [-0.15, -0.1) is 11.3 Å². The molecular formula is C16H23NOS. The van der Waals surface area contributed by atoms with Gasteiger partial charge in [-0.3, -0.25) is 4.90 Å². The molecule has 0 aromatic carbocycles. The highest BCUT2D eigenvalue weighted by molar-refractivity contribution is 7.12. The van der Waals surface area contributed by atoms with E-state index in [4.69, 9.17) is 5.11 Å². The number of hydrogen-bond acceptors (Lipinski definition) is 3. The van der Waals surface area contributed by atoms with Crippen LogP contribution in [0.25, 0.3) is 0 Å². The largest absolute Gasteiger partial charge is 0.395 e. The zero-order valence-corrected chi connectivity index (χ0v) is 12.3. The van der Waals surface area contributed by atoms with Crippen LogP contribution in [0.3, 0.4) is 0 Å². The highest BCUT2D eigenvalue weighted by Gasteiger charge is 2.09. The molecule has 2 heterocycles. The standard InChI is InChI=1S/C16H23NOS/c18-13-7-4-8-15-9-10-16(19-15)14-17-11-5-2-1-3-6-12-17/h9-10,18H,1-3,5-7,11-14H2. The lowest BCUT2D eigenvalue weighted by molar-refractivity contribution is 0.241. The van der Waals surface area contributed by atoms with Crippen LogP contribution in [0.1, 0.15) is 48.3 Å². The van der Waals surface area contributed by atoms with Gasteiger partial charge in [-0.05, 0) is 38.1 Å². The first kappa shape index (κ1) is 14.6. The Balaban J connectivity index is 1.86. The van der Waals surface area contributed by atoms with Crippen LogP contribution in [0.4, 0.5) is 0 Å². The van der Waals surface area contributed by atoms with Crippen molar-refractivity contribution in [2.45, 2.75) is 45.1 Å². The van der Waals surface area contributed by atoms with E-state index in [1.807, 2.05) is 0 Å². The third kappa shape index (κ3) is 5.36. The summed E-state index contributed by atoms with van der Waals surface area (Å²) in [5.41, 5.74) is 0. The molecule has 0 amide bonds. The van der Waals surface area contributed by atoms with Crippen LogP contribution in [-0.4, -0.2) is 29.7 Å². The normalized spacial score (nSPS) is 17.3. The van der Waals surface area contributed by atoms with Crippen LogP contribution in [0.15, 0.2) is 12.1 Å². The lowest BCUT2D eigenvalue weighted by Crippen LogP contribution is -2.26. The van der Waals surface area contributed by atoms with Crippen molar-refractivity contribution in [2.24, 2.45) is 0 Å². The molecule has 1 aliphatic heterocycles. The van der Waals surface area contributed by atoms with Crippen molar-refractivity contribution >= 4 is 11.3 Å². The average molecular weight is 277 g/mol. The molecule has 1 aromatic rings. The second-order valence-electron chi connectivity index (χ2n) is 5.09. The number of thiophene rings is 1. The van der Waals surface area contributed by atoms with E-state index >= 15 is 0 Å². The van der Waals surface area contributed by atoms with E-state index in [9.17, 15) is 0 Å². The van der Waals surface area contributed by atoms with E-state index in [-0.39, 0.29) is 6.61 Å². The Morgan fingerprint density at radius 1 is 1.11 bits per heavy atom. The van der Waals surface area contributed by atoms with E-state index < -0.39 is 0 Å². The van der Waals surface area contributed by atoms with Crippen molar-refractivity contribution in [1.82, 2.24) is 4.90 Å². The smallest absolute Gasteiger partial charge is 0.0771 e. The lowest BCUT2D eigenvalue weighted by atomic mass is 10.1. The Hall–Kier alpha value is -0.820. The van der Waals surface area contributed by atoms with Gasteiger partial charge in [-0.25, -0.2) is 0 Å². The van der Waals surface area contributed by atoms with Gasteiger partial charge in [0.1, 0.15) is 0 Å². The van der Waals surface area contributed by atoms with E-state index in [1.54, 1.807) is 11.3 Å². The molecule has 1 saturated heterocycles. The Kier molecular flexibility index (Phi) is 6.43. The second-order valence-corrected chi connectivity index (χ2v) is 6.25. The molecule has 19 heavy (non-hydrogen) atoms. The molecule has 0 aliphatic carbocycles. The summed E-state index contributed by atoms with van der Waals surface area (Å²) >= 11 is 1.79. The Bertz CT molecular complexity index is 421. The maximum absolute atomic E-state index is 8.71. The Morgan fingerprint density at radius 3 is 2.58 bits per heavy atom. The number of likely N-dealkylation sites (tertiary alicyclic amines) is 1. The highest BCUT2D eigenvalue weighted by Crippen LogP contribution is 2.19. The topological polar surface area (TPSA) is 23.5 Å². The number of aliphatic hydroxyl groups excluding tert-OH is 1. The SMILES string of the molecule is OCCC#Cc1ccc(CN2CCCCCCC2)s1. The quantitative estimate of drug-likeness (QED) is 0.857. The van der Waals surface area contributed by atoms with Gasteiger partial charge in [0, 0.05) is 17.8 Å². The summed E-state index contributed by atoms with van der Waals surface area (Å²) < 4.78 is 0. The zero-order chi connectivity index (χ0) is 13.3. The summed E-state index contributed by atoms with van der Waals surface area (Å²) in [6.45, 7) is 3.71. The second kappa shape index (κ2) is 8.37. The molecule has 0 atom stereocenters. The van der Waals surface area contributed by atoms with E-state index in [0.29, 0.717) is 6.42 Å². The van der Waals surface area contributed by atoms with E-state index in [2.05, 4.69) is 28.9 Å². The molecule has 1 fully saturated rings. The van der Waals surface area contributed by atoms with Crippen LogP contribution in [-0.2, 0) is 6.54 Å². The fourth-order valence-corrected chi connectivity index (χ4v) is 3.35. The van der Waals surface area contributed by atoms with Gasteiger partial charge in [0.05, 0.1) is 11.5 Å². The minimum absolute atomic E-state index is 0.152. The first-order valence-corrected chi connectivity index (χ1v) is 8.11. The molecule has 0 spiro atoms. The maximum Gasteiger partial charge on any atom is 0.0771 e. The first-order valence-electron chi connectivity index (χ1n) is 7.29. The van der Waals surface area contributed by atoms with Crippen LogP contribution in [0.5, 0.6) is 0 Å². The fraction of sp³-hybridized carbons (Fsp3) is 0.625. The van der Waals surface area contributed by atoms with E-state index in [0.717, 1.165) is 11.4 Å². The van der Waals surface area contributed by atoms with Gasteiger partial charge < -0.3 is 5.11 Å². The molecule has 2 rings (SSSR count). The van der Waals surface area contributed by atoms with E-state index in [1.165, 1.54) is 50.1 Å². The third-order valence-corrected chi connectivity index (χ3v) is 4.42. The van der Waals surface area contributed by atoms with Gasteiger partial charge in [0.15, 0.2) is 0 Å². The Labute approximate surface area is 120 Å². The maximum atomic E-state index is 8.71. The number of rotatable bonds is 3. The molecule has 0 bridgehead atoms. The summed E-state index contributed by atoms with van der Waals surface area (Å²) in [6.07, 6.45) is 7.44. The van der Waals surface area contributed by atoms with Gasteiger partial charge >= 0.3 is 0 Å². The van der Waals surface area contributed by atoms with Crippen molar-refractivity contribution in [3.63, 3.8) is 0 Å². The van der Waals surface area contributed by atoms with Crippen LogP contribution in [0, 0.1) is 11.8 Å². The molecule has 2 nitrogen and oxygen atoms in total. The van der Waals surface area contributed by atoms with Crippen molar-refractivity contribution in [3.05, 3.63) is 21.9 Å². The molecule has 0 unspecified atom stereocenters. The zero-order valence-electron chi connectivity index (χ0n) is 11.5. The van der Waals surface area contributed by atoms with Crippen LogP contribution < -0.4 is 0 Å². The first-order chi connectivity index (χ1) is 9.38. The summed E-state index contributed by atoms with van der Waals surface area (Å²) in [5.74, 6) is 6.10. The molecule has 104 valence electrons. The van der Waals surface area contributed by atoms with Gasteiger partial charge in [-0.1, -0.05) is 31.1 Å². The van der Waals surface area contributed by atoms with Crippen LogP contribution in [0.2, 0.25) is 0 Å². The molecule has 1 aromatic heterocycles. The minimum atomic E-state index is 0.152. The highest BCUT2D eigenvalue weighted by atomic mass is 32.1. The monoisotopic (exact) mass is 277 g/mol. The number of aliphatic hydroxyl groups is 1.